The maximum atomic E-state index is 6.19. The van der Waals surface area contributed by atoms with Gasteiger partial charge in [0.15, 0.2) is 5.96 Å². The van der Waals surface area contributed by atoms with Crippen molar-refractivity contribution in [2.24, 2.45) is 4.99 Å². The number of halogens is 1. The third kappa shape index (κ3) is 6.59. The van der Waals surface area contributed by atoms with Crippen LogP contribution in [0.3, 0.4) is 0 Å². The van der Waals surface area contributed by atoms with E-state index in [4.69, 9.17) is 9.47 Å². The molecule has 1 aliphatic rings. The van der Waals surface area contributed by atoms with E-state index in [-0.39, 0.29) is 30.1 Å². The molecule has 0 amide bonds. The Bertz CT molecular complexity index is 997. The van der Waals surface area contributed by atoms with Gasteiger partial charge in [-0.2, -0.15) is 0 Å². The number of nitrogens with one attached hydrogen (secondary N) is 3. The smallest absolute Gasteiger partial charge is 0.191 e. The van der Waals surface area contributed by atoms with Crippen LogP contribution in [0.4, 0.5) is 0 Å². The van der Waals surface area contributed by atoms with Crippen LogP contribution >= 0.6 is 24.0 Å². The number of aromatic amines is 1. The summed E-state index contributed by atoms with van der Waals surface area (Å²) in [5, 5.41) is 6.78. The van der Waals surface area contributed by atoms with Crippen LogP contribution in [0.5, 0.6) is 5.75 Å². The number of hydrogen-bond acceptors (Lipinski definition) is 4. The Labute approximate surface area is 206 Å². The SMILES string of the molecule is CN=C(NCCCc1nc2ccccc2[nH]1)NCc1ccc(C)cc1OC1CCOC1.I. The third-order valence-electron chi connectivity index (χ3n) is 5.40. The maximum Gasteiger partial charge on any atom is 0.191 e. The summed E-state index contributed by atoms with van der Waals surface area (Å²) in [7, 11) is 1.79. The molecule has 3 aromatic rings. The molecule has 172 valence electrons. The Hall–Kier alpha value is -2.33. The fourth-order valence-electron chi connectivity index (χ4n) is 3.69. The van der Waals surface area contributed by atoms with Gasteiger partial charge in [0.25, 0.3) is 0 Å². The number of hydrogen-bond donors (Lipinski definition) is 3. The number of imidazole rings is 1. The summed E-state index contributed by atoms with van der Waals surface area (Å²) in [6.45, 7) is 4.97. The van der Waals surface area contributed by atoms with Crippen LogP contribution in [0.25, 0.3) is 11.0 Å². The molecular formula is C24H32IN5O2. The van der Waals surface area contributed by atoms with Gasteiger partial charge < -0.3 is 25.1 Å². The van der Waals surface area contributed by atoms with Crippen LogP contribution < -0.4 is 15.4 Å². The molecule has 0 aliphatic carbocycles. The van der Waals surface area contributed by atoms with E-state index in [1.165, 1.54) is 5.56 Å². The molecule has 4 rings (SSSR count). The van der Waals surface area contributed by atoms with Gasteiger partial charge in [0.1, 0.15) is 17.7 Å². The Morgan fingerprint density at radius 3 is 2.91 bits per heavy atom. The number of guanidine groups is 1. The molecule has 32 heavy (non-hydrogen) atoms. The van der Waals surface area contributed by atoms with E-state index in [2.05, 4.69) is 56.8 Å². The second kappa shape index (κ2) is 12.1. The molecule has 2 aromatic carbocycles. The molecular weight excluding hydrogens is 517 g/mol. The minimum atomic E-state index is 0. The van der Waals surface area contributed by atoms with Crippen molar-refractivity contribution in [2.45, 2.75) is 38.8 Å². The van der Waals surface area contributed by atoms with Crippen molar-refractivity contribution in [3.05, 3.63) is 59.4 Å². The number of benzene rings is 2. The Morgan fingerprint density at radius 2 is 2.12 bits per heavy atom. The monoisotopic (exact) mass is 549 g/mol. The lowest BCUT2D eigenvalue weighted by Crippen LogP contribution is -2.37. The maximum absolute atomic E-state index is 6.19. The highest BCUT2D eigenvalue weighted by Crippen LogP contribution is 2.23. The zero-order valence-electron chi connectivity index (χ0n) is 18.7. The van der Waals surface area contributed by atoms with Crippen LogP contribution in [0.15, 0.2) is 47.5 Å². The molecule has 1 aliphatic heterocycles. The molecule has 1 unspecified atom stereocenters. The topological polar surface area (TPSA) is 83.6 Å². The normalized spacial score (nSPS) is 16.1. The molecule has 0 bridgehead atoms. The summed E-state index contributed by atoms with van der Waals surface area (Å²) in [5.74, 6) is 2.71. The first-order valence-electron chi connectivity index (χ1n) is 10.9. The number of aromatic nitrogens is 2. The number of aliphatic imine (C=N–C) groups is 1. The fraction of sp³-hybridized carbons (Fsp3) is 0.417. The lowest BCUT2D eigenvalue weighted by atomic mass is 10.1. The fourth-order valence-corrected chi connectivity index (χ4v) is 3.69. The average molecular weight is 549 g/mol. The van der Waals surface area contributed by atoms with Crippen molar-refractivity contribution in [1.29, 1.82) is 0 Å². The van der Waals surface area contributed by atoms with Gasteiger partial charge in [-0.1, -0.05) is 24.3 Å². The molecule has 0 radical (unpaired) electrons. The summed E-state index contributed by atoms with van der Waals surface area (Å²) in [4.78, 5) is 12.4. The summed E-state index contributed by atoms with van der Waals surface area (Å²) in [5.41, 5.74) is 4.40. The largest absolute Gasteiger partial charge is 0.488 e. The zero-order valence-corrected chi connectivity index (χ0v) is 21.0. The Kier molecular flexibility index (Phi) is 9.16. The average Bonchev–Trinajstić information content (AvgIpc) is 3.43. The van der Waals surface area contributed by atoms with E-state index in [1.807, 2.05) is 18.2 Å². The second-order valence-electron chi connectivity index (χ2n) is 7.87. The van der Waals surface area contributed by atoms with E-state index in [0.717, 1.165) is 66.5 Å². The van der Waals surface area contributed by atoms with E-state index in [1.54, 1.807) is 7.05 Å². The predicted molar refractivity (Wildman–Crippen MR) is 139 cm³/mol. The first kappa shape index (κ1) is 24.3. The van der Waals surface area contributed by atoms with Crippen molar-refractivity contribution in [1.82, 2.24) is 20.6 Å². The standard InChI is InChI=1S/C24H31N5O2.HI/c1-17-9-10-18(22(14-17)31-19-11-13-30-16-19)15-27-24(25-2)26-12-5-8-23-28-20-6-3-4-7-21(20)29-23;/h3-4,6-7,9-10,14,19H,5,8,11-13,15-16H2,1-2H3,(H,28,29)(H2,25,26,27);1H. The quantitative estimate of drug-likeness (QED) is 0.172. The number of H-pyrrole nitrogens is 1. The van der Waals surface area contributed by atoms with Gasteiger partial charge in [-0.25, -0.2) is 4.98 Å². The summed E-state index contributed by atoms with van der Waals surface area (Å²) < 4.78 is 11.6. The number of para-hydroxylation sites is 2. The highest BCUT2D eigenvalue weighted by Gasteiger charge is 2.18. The van der Waals surface area contributed by atoms with Crippen molar-refractivity contribution in [3.8, 4) is 5.75 Å². The molecule has 2 heterocycles. The first-order chi connectivity index (χ1) is 15.2. The summed E-state index contributed by atoms with van der Waals surface area (Å²) >= 11 is 0. The predicted octanol–water partition coefficient (Wildman–Crippen LogP) is 3.95. The summed E-state index contributed by atoms with van der Waals surface area (Å²) in [6.07, 6.45) is 2.92. The van der Waals surface area contributed by atoms with Gasteiger partial charge in [-0.05, 0) is 37.1 Å². The number of fused-ring (bicyclic) bond motifs is 1. The van der Waals surface area contributed by atoms with Gasteiger partial charge in [-0.3, -0.25) is 4.99 Å². The van der Waals surface area contributed by atoms with Gasteiger partial charge in [-0.15, -0.1) is 24.0 Å². The van der Waals surface area contributed by atoms with Crippen molar-refractivity contribution in [3.63, 3.8) is 0 Å². The minimum Gasteiger partial charge on any atom is -0.488 e. The van der Waals surface area contributed by atoms with E-state index in [9.17, 15) is 0 Å². The highest BCUT2D eigenvalue weighted by molar-refractivity contribution is 14.0. The molecule has 3 N–H and O–H groups in total. The van der Waals surface area contributed by atoms with Crippen LogP contribution in [-0.2, 0) is 17.7 Å². The first-order valence-corrected chi connectivity index (χ1v) is 10.9. The number of nitrogens with zero attached hydrogens (tertiary/aromatic N) is 2. The zero-order chi connectivity index (χ0) is 21.5. The van der Waals surface area contributed by atoms with Gasteiger partial charge in [0.2, 0.25) is 0 Å². The van der Waals surface area contributed by atoms with Crippen molar-refractivity contribution in [2.75, 3.05) is 26.8 Å². The molecule has 0 saturated carbocycles. The lowest BCUT2D eigenvalue weighted by molar-refractivity contribution is 0.140. The van der Waals surface area contributed by atoms with Crippen molar-refractivity contribution < 1.29 is 9.47 Å². The van der Waals surface area contributed by atoms with Crippen LogP contribution in [0, 0.1) is 6.92 Å². The van der Waals surface area contributed by atoms with Gasteiger partial charge in [0, 0.05) is 38.5 Å². The Morgan fingerprint density at radius 1 is 1.25 bits per heavy atom. The molecule has 7 nitrogen and oxygen atoms in total. The van der Waals surface area contributed by atoms with E-state index < -0.39 is 0 Å². The number of ether oxygens (including phenoxy) is 2. The van der Waals surface area contributed by atoms with Crippen LogP contribution in [0.1, 0.15) is 29.8 Å². The van der Waals surface area contributed by atoms with Crippen molar-refractivity contribution >= 4 is 41.0 Å². The third-order valence-corrected chi connectivity index (χ3v) is 5.40. The van der Waals surface area contributed by atoms with Gasteiger partial charge in [0.05, 0.1) is 24.2 Å². The molecule has 1 saturated heterocycles. The molecule has 8 heteroatoms. The molecule has 0 spiro atoms. The number of aryl methyl sites for hydroxylation is 2. The highest BCUT2D eigenvalue weighted by atomic mass is 127. The lowest BCUT2D eigenvalue weighted by Gasteiger charge is -2.18. The second-order valence-corrected chi connectivity index (χ2v) is 7.87. The minimum absolute atomic E-state index is 0. The molecule has 1 aromatic heterocycles. The Balaban J connectivity index is 0.00000289. The van der Waals surface area contributed by atoms with E-state index in [0.29, 0.717) is 13.2 Å². The number of rotatable bonds is 8. The molecule has 1 fully saturated rings. The molecule has 1 atom stereocenters. The van der Waals surface area contributed by atoms with E-state index >= 15 is 0 Å². The van der Waals surface area contributed by atoms with Crippen LogP contribution in [-0.4, -0.2) is 48.8 Å². The van der Waals surface area contributed by atoms with Gasteiger partial charge >= 0.3 is 0 Å². The van der Waals surface area contributed by atoms with Crippen LogP contribution in [0.2, 0.25) is 0 Å². The summed E-state index contributed by atoms with van der Waals surface area (Å²) in [6, 6.07) is 14.4.